The number of fused-ring (bicyclic) bond motifs is 1. The summed E-state index contributed by atoms with van der Waals surface area (Å²) >= 11 is 0. The van der Waals surface area contributed by atoms with E-state index in [2.05, 4.69) is 9.97 Å². The van der Waals surface area contributed by atoms with Gasteiger partial charge < -0.3 is 15.5 Å². The number of imidazole rings is 1. The first-order valence-corrected chi connectivity index (χ1v) is 8.33. The maximum Gasteiger partial charge on any atom is 0.248 e. The third kappa shape index (κ3) is 3.37. The zero-order valence-electron chi connectivity index (χ0n) is 14.5. The molecule has 0 aliphatic rings. The second-order valence-electron chi connectivity index (χ2n) is 6.22. The van der Waals surface area contributed by atoms with Crippen molar-refractivity contribution in [2.45, 2.75) is 6.92 Å². The molecule has 1 amide bonds. The van der Waals surface area contributed by atoms with Gasteiger partial charge in [0.25, 0.3) is 0 Å². The third-order valence-electron chi connectivity index (χ3n) is 4.26. The van der Waals surface area contributed by atoms with E-state index in [1.165, 1.54) is 6.07 Å². The Balaban J connectivity index is 1.59. The molecular weight excluding hydrogens is 345 g/mol. The minimum absolute atomic E-state index is 0.262. The quantitative estimate of drug-likeness (QED) is 0.559. The smallest absolute Gasteiger partial charge is 0.248 e. The topological polar surface area (TPSA) is 81.0 Å². The number of nitrogens with zero attached hydrogens (tertiary/aromatic N) is 1. The highest BCUT2D eigenvalue weighted by Crippen LogP contribution is 2.27. The fraction of sp³-hybridized carbons (Fsp3) is 0.0476. The summed E-state index contributed by atoms with van der Waals surface area (Å²) in [5, 5.41) is 0. The van der Waals surface area contributed by atoms with Gasteiger partial charge >= 0.3 is 0 Å². The highest BCUT2D eigenvalue weighted by molar-refractivity contribution is 5.96. The van der Waals surface area contributed by atoms with Crippen molar-refractivity contribution in [2.24, 2.45) is 5.73 Å². The number of carbonyl (C=O) groups excluding carboxylic acids is 1. The van der Waals surface area contributed by atoms with Gasteiger partial charge in [0, 0.05) is 11.1 Å². The largest absolute Gasteiger partial charge is 0.457 e. The Morgan fingerprint density at radius 2 is 1.78 bits per heavy atom. The van der Waals surface area contributed by atoms with E-state index < -0.39 is 5.91 Å². The van der Waals surface area contributed by atoms with Gasteiger partial charge in [0.2, 0.25) is 5.91 Å². The highest BCUT2D eigenvalue weighted by Gasteiger charge is 2.09. The average molecular weight is 361 g/mol. The summed E-state index contributed by atoms with van der Waals surface area (Å²) in [5.41, 5.74) is 8.62. The van der Waals surface area contributed by atoms with Crippen molar-refractivity contribution in [3.05, 3.63) is 77.6 Å². The maximum atomic E-state index is 13.3. The van der Waals surface area contributed by atoms with Crippen molar-refractivity contribution < 1.29 is 13.9 Å². The molecular formula is C21H16FN3O2. The van der Waals surface area contributed by atoms with E-state index >= 15 is 0 Å². The molecule has 0 unspecified atom stereocenters. The average Bonchev–Trinajstić information content (AvgIpc) is 3.08. The van der Waals surface area contributed by atoms with Crippen molar-refractivity contribution in [3.8, 4) is 22.9 Å². The van der Waals surface area contributed by atoms with Gasteiger partial charge in [-0.15, -0.1) is 0 Å². The van der Waals surface area contributed by atoms with Crippen molar-refractivity contribution >= 4 is 16.9 Å². The van der Waals surface area contributed by atoms with Gasteiger partial charge in [0.1, 0.15) is 23.1 Å². The van der Waals surface area contributed by atoms with E-state index in [9.17, 15) is 9.18 Å². The zero-order valence-corrected chi connectivity index (χ0v) is 14.5. The molecule has 1 aromatic heterocycles. The van der Waals surface area contributed by atoms with Gasteiger partial charge in [0.15, 0.2) is 0 Å². The molecule has 0 atom stereocenters. The SMILES string of the molecule is Cc1cc(Oc2ccc(-c3nc4ccc(C(N)=O)cc4[nH]3)cc2)ccc1F. The Bertz CT molecular complexity index is 1150. The molecule has 3 N–H and O–H groups in total. The first-order valence-electron chi connectivity index (χ1n) is 8.33. The van der Waals surface area contributed by atoms with Crippen molar-refractivity contribution in [3.63, 3.8) is 0 Å². The van der Waals surface area contributed by atoms with Crippen LogP contribution in [0.15, 0.2) is 60.7 Å². The predicted octanol–water partition coefficient (Wildman–Crippen LogP) is 4.57. The number of aromatic amines is 1. The molecule has 0 spiro atoms. The van der Waals surface area contributed by atoms with Crippen molar-refractivity contribution in [1.82, 2.24) is 9.97 Å². The molecule has 4 aromatic rings. The van der Waals surface area contributed by atoms with E-state index in [1.807, 2.05) is 24.3 Å². The van der Waals surface area contributed by atoms with Crippen LogP contribution in [-0.4, -0.2) is 15.9 Å². The number of primary amides is 1. The molecule has 1 heterocycles. The lowest BCUT2D eigenvalue weighted by Crippen LogP contribution is -2.10. The number of aromatic nitrogens is 2. The van der Waals surface area contributed by atoms with Crippen LogP contribution >= 0.6 is 0 Å². The van der Waals surface area contributed by atoms with Crippen LogP contribution in [-0.2, 0) is 0 Å². The minimum atomic E-state index is -0.481. The summed E-state index contributed by atoms with van der Waals surface area (Å²) in [6, 6.07) is 17.1. The Morgan fingerprint density at radius 3 is 2.48 bits per heavy atom. The van der Waals surface area contributed by atoms with Crippen LogP contribution < -0.4 is 10.5 Å². The first-order chi connectivity index (χ1) is 13.0. The van der Waals surface area contributed by atoms with Gasteiger partial charge in [0.05, 0.1) is 11.0 Å². The molecule has 3 aromatic carbocycles. The number of hydrogen-bond acceptors (Lipinski definition) is 3. The number of carbonyl (C=O) groups is 1. The standard InChI is InChI=1S/C21H16FN3O2/c1-12-10-16(7-8-17(12)22)27-15-5-2-13(3-6-15)21-24-18-9-4-14(20(23)26)11-19(18)25-21/h2-11H,1H3,(H2,23,26)(H,24,25). The number of hydrogen-bond donors (Lipinski definition) is 2. The van der Waals surface area contributed by atoms with Crippen LogP contribution in [0, 0.1) is 12.7 Å². The molecule has 134 valence electrons. The second-order valence-corrected chi connectivity index (χ2v) is 6.22. The number of benzene rings is 3. The molecule has 0 aliphatic heterocycles. The summed E-state index contributed by atoms with van der Waals surface area (Å²) in [7, 11) is 0. The molecule has 0 fully saturated rings. The molecule has 0 radical (unpaired) electrons. The van der Waals surface area contributed by atoms with E-state index in [4.69, 9.17) is 10.5 Å². The first kappa shape index (κ1) is 16.8. The van der Waals surface area contributed by atoms with Crippen LogP contribution in [0.3, 0.4) is 0 Å². The molecule has 0 bridgehead atoms. The predicted molar refractivity (Wildman–Crippen MR) is 101 cm³/mol. The van der Waals surface area contributed by atoms with Crippen molar-refractivity contribution in [1.29, 1.82) is 0 Å². The third-order valence-corrected chi connectivity index (χ3v) is 4.26. The Hall–Kier alpha value is -3.67. The number of H-pyrrole nitrogens is 1. The number of ether oxygens (including phenoxy) is 1. The minimum Gasteiger partial charge on any atom is -0.457 e. The van der Waals surface area contributed by atoms with Gasteiger partial charge in [-0.25, -0.2) is 9.37 Å². The fourth-order valence-corrected chi connectivity index (χ4v) is 2.80. The summed E-state index contributed by atoms with van der Waals surface area (Å²) in [5.74, 6) is 1.14. The van der Waals surface area contributed by atoms with Gasteiger partial charge in [-0.1, -0.05) is 0 Å². The lowest BCUT2D eigenvalue weighted by molar-refractivity contribution is 0.100. The maximum absolute atomic E-state index is 13.3. The van der Waals surface area contributed by atoms with Gasteiger partial charge in [-0.3, -0.25) is 4.79 Å². The normalized spacial score (nSPS) is 10.9. The highest BCUT2D eigenvalue weighted by atomic mass is 19.1. The van der Waals surface area contributed by atoms with Gasteiger partial charge in [-0.2, -0.15) is 0 Å². The van der Waals surface area contributed by atoms with E-state index in [0.29, 0.717) is 28.5 Å². The second kappa shape index (κ2) is 6.57. The Morgan fingerprint density at radius 1 is 1.04 bits per heavy atom. The van der Waals surface area contributed by atoms with Crippen LogP contribution in [0.4, 0.5) is 4.39 Å². The molecule has 0 saturated carbocycles. The van der Waals surface area contributed by atoms with Crippen LogP contribution in [0.2, 0.25) is 0 Å². The summed E-state index contributed by atoms with van der Waals surface area (Å²) in [4.78, 5) is 19.0. The number of halogens is 1. The number of rotatable bonds is 4. The summed E-state index contributed by atoms with van der Waals surface area (Å²) in [6.45, 7) is 1.69. The van der Waals surface area contributed by atoms with E-state index in [0.717, 1.165) is 16.6 Å². The Labute approximate surface area is 154 Å². The molecule has 27 heavy (non-hydrogen) atoms. The molecule has 6 heteroatoms. The fourth-order valence-electron chi connectivity index (χ4n) is 2.80. The zero-order chi connectivity index (χ0) is 19.0. The van der Waals surface area contributed by atoms with Crippen molar-refractivity contribution in [2.75, 3.05) is 0 Å². The number of amides is 1. The van der Waals surface area contributed by atoms with Crippen LogP contribution in [0.5, 0.6) is 11.5 Å². The summed E-state index contributed by atoms with van der Waals surface area (Å²) in [6.07, 6.45) is 0. The number of nitrogens with two attached hydrogens (primary N) is 1. The lowest BCUT2D eigenvalue weighted by atomic mass is 10.2. The van der Waals surface area contributed by atoms with Crippen LogP contribution in [0.1, 0.15) is 15.9 Å². The Kier molecular flexibility index (Phi) is 4.08. The summed E-state index contributed by atoms with van der Waals surface area (Å²) < 4.78 is 19.1. The monoisotopic (exact) mass is 361 g/mol. The molecule has 0 aliphatic carbocycles. The van der Waals surface area contributed by atoms with Crippen LogP contribution in [0.25, 0.3) is 22.4 Å². The van der Waals surface area contributed by atoms with Gasteiger partial charge in [-0.05, 0) is 73.2 Å². The number of nitrogens with one attached hydrogen (secondary N) is 1. The molecule has 0 saturated heterocycles. The molecule has 5 nitrogen and oxygen atoms in total. The molecule has 4 rings (SSSR count). The van der Waals surface area contributed by atoms with E-state index in [-0.39, 0.29) is 5.82 Å². The van der Waals surface area contributed by atoms with E-state index in [1.54, 1.807) is 37.3 Å². The number of aryl methyl sites for hydroxylation is 1. The lowest BCUT2D eigenvalue weighted by Gasteiger charge is -2.07.